The van der Waals surface area contributed by atoms with Gasteiger partial charge in [0.1, 0.15) is 0 Å². The zero-order valence-electron chi connectivity index (χ0n) is 7.87. The molecule has 1 rings (SSSR count). The lowest BCUT2D eigenvalue weighted by atomic mass is 10.1. The zero-order valence-corrected chi connectivity index (χ0v) is 10.0. The first-order valence-corrected chi connectivity index (χ1v) is 6.02. The van der Waals surface area contributed by atoms with Crippen LogP contribution in [0.4, 0.5) is 0 Å². The maximum atomic E-state index is 5.31. The second-order valence-electron chi connectivity index (χ2n) is 3.04. The molecular weight excluding hydrogens is 275 g/mol. The van der Waals surface area contributed by atoms with Crippen LogP contribution < -0.4 is 0 Å². The monoisotopic (exact) mass is 290 g/mol. The highest BCUT2D eigenvalue weighted by Gasteiger charge is 2.04. The van der Waals surface area contributed by atoms with Crippen LogP contribution in [-0.2, 0) is 11.2 Å². The summed E-state index contributed by atoms with van der Waals surface area (Å²) in [7, 11) is 1.79. The minimum absolute atomic E-state index is 0.404. The van der Waals surface area contributed by atoms with Crippen molar-refractivity contribution in [2.45, 2.75) is 18.9 Å². The number of methoxy groups -OCH3 is 1. The molecule has 1 aromatic rings. The molecule has 0 heterocycles. The Morgan fingerprint density at radius 1 is 1.31 bits per heavy atom. The van der Waals surface area contributed by atoms with Crippen molar-refractivity contribution >= 4 is 22.6 Å². The molecular formula is C11H15IO. The molecule has 1 unspecified atom stereocenters. The fourth-order valence-electron chi connectivity index (χ4n) is 1.23. The molecule has 0 aliphatic rings. The SMILES string of the molecule is COC(CI)CCc1ccccc1. The van der Waals surface area contributed by atoms with Crippen LogP contribution in [-0.4, -0.2) is 17.6 Å². The summed E-state index contributed by atoms with van der Waals surface area (Å²) in [5.74, 6) is 0. The normalized spacial score (nSPS) is 12.8. The van der Waals surface area contributed by atoms with Crippen molar-refractivity contribution in [3.05, 3.63) is 35.9 Å². The number of hydrogen-bond acceptors (Lipinski definition) is 1. The van der Waals surface area contributed by atoms with Gasteiger partial charge in [0.2, 0.25) is 0 Å². The third-order valence-electron chi connectivity index (χ3n) is 2.10. The smallest absolute Gasteiger partial charge is 0.0663 e. The van der Waals surface area contributed by atoms with E-state index in [0.717, 1.165) is 17.3 Å². The Kier molecular flexibility index (Phi) is 5.39. The first-order chi connectivity index (χ1) is 6.36. The van der Waals surface area contributed by atoms with Crippen LogP contribution in [0.5, 0.6) is 0 Å². The van der Waals surface area contributed by atoms with E-state index < -0.39 is 0 Å². The van der Waals surface area contributed by atoms with Crippen molar-refractivity contribution in [1.82, 2.24) is 0 Å². The number of alkyl halides is 1. The second kappa shape index (κ2) is 6.38. The van der Waals surface area contributed by atoms with E-state index >= 15 is 0 Å². The summed E-state index contributed by atoms with van der Waals surface area (Å²) in [5, 5.41) is 0. The van der Waals surface area contributed by atoms with E-state index in [1.807, 2.05) is 0 Å². The predicted molar refractivity (Wildman–Crippen MR) is 64.4 cm³/mol. The van der Waals surface area contributed by atoms with Crippen molar-refractivity contribution in [1.29, 1.82) is 0 Å². The standard InChI is InChI=1S/C11H15IO/c1-13-11(9-12)8-7-10-5-3-2-4-6-10/h2-6,11H,7-9H2,1H3. The summed E-state index contributed by atoms with van der Waals surface area (Å²) in [5.41, 5.74) is 1.40. The Morgan fingerprint density at radius 3 is 2.54 bits per heavy atom. The molecule has 1 nitrogen and oxygen atoms in total. The first kappa shape index (κ1) is 11.0. The van der Waals surface area contributed by atoms with Gasteiger partial charge in [-0.1, -0.05) is 52.9 Å². The third-order valence-corrected chi connectivity index (χ3v) is 3.09. The number of ether oxygens (including phenoxy) is 1. The molecule has 0 bridgehead atoms. The molecule has 13 heavy (non-hydrogen) atoms. The van der Waals surface area contributed by atoms with Crippen molar-refractivity contribution in [2.75, 3.05) is 11.5 Å². The summed E-state index contributed by atoms with van der Waals surface area (Å²) in [4.78, 5) is 0. The van der Waals surface area contributed by atoms with Crippen molar-refractivity contribution in [2.24, 2.45) is 0 Å². The lowest BCUT2D eigenvalue weighted by Gasteiger charge is -2.11. The molecule has 0 saturated heterocycles. The molecule has 1 aromatic carbocycles. The molecule has 0 fully saturated rings. The molecule has 72 valence electrons. The van der Waals surface area contributed by atoms with Gasteiger partial charge in [-0.25, -0.2) is 0 Å². The molecule has 0 aliphatic carbocycles. The van der Waals surface area contributed by atoms with Gasteiger partial charge >= 0.3 is 0 Å². The fourth-order valence-corrected chi connectivity index (χ4v) is 2.03. The van der Waals surface area contributed by atoms with Crippen LogP contribution in [0.3, 0.4) is 0 Å². The van der Waals surface area contributed by atoms with Crippen LogP contribution >= 0.6 is 22.6 Å². The van der Waals surface area contributed by atoms with Gasteiger partial charge in [0.25, 0.3) is 0 Å². The Labute approximate surface area is 93.6 Å². The summed E-state index contributed by atoms with van der Waals surface area (Å²) in [6.45, 7) is 0. The third kappa shape index (κ3) is 4.09. The van der Waals surface area contributed by atoms with Crippen LogP contribution in [0.1, 0.15) is 12.0 Å². The topological polar surface area (TPSA) is 9.23 Å². The molecule has 0 N–H and O–H groups in total. The highest BCUT2D eigenvalue weighted by molar-refractivity contribution is 14.1. The summed E-state index contributed by atoms with van der Waals surface area (Å²) >= 11 is 2.37. The minimum atomic E-state index is 0.404. The lowest BCUT2D eigenvalue weighted by molar-refractivity contribution is 0.117. The van der Waals surface area contributed by atoms with Gasteiger partial charge in [0.15, 0.2) is 0 Å². The van der Waals surface area contributed by atoms with E-state index in [1.165, 1.54) is 5.56 Å². The van der Waals surface area contributed by atoms with Gasteiger partial charge in [0.05, 0.1) is 6.10 Å². The molecule has 0 saturated carbocycles. The van der Waals surface area contributed by atoms with Crippen LogP contribution in [0.2, 0.25) is 0 Å². The lowest BCUT2D eigenvalue weighted by Crippen LogP contribution is -2.12. The van der Waals surface area contributed by atoms with Gasteiger partial charge in [0, 0.05) is 11.5 Å². The Bertz CT molecular complexity index is 219. The van der Waals surface area contributed by atoms with Gasteiger partial charge in [-0.3, -0.25) is 0 Å². The van der Waals surface area contributed by atoms with E-state index in [0.29, 0.717) is 6.10 Å². The maximum Gasteiger partial charge on any atom is 0.0663 e. The number of hydrogen-bond donors (Lipinski definition) is 0. The van der Waals surface area contributed by atoms with Crippen LogP contribution in [0, 0.1) is 0 Å². The Morgan fingerprint density at radius 2 is 2.00 bits per heavy atom. The first-order valence-electron chi connectivity index (χ1n) is 4.49. The van der Waals surface area contributed by atoms with Crippen molar-refractivity contribution in [3.63, 3.8) is 0 Å². The van der Waals surface area contributed by atoms with Crippen LogP contribution in [0.15, 0.2) is 30.3 Å². The van der Waals surface area contributed by atoms with E-state index in [9.17, 15) is 0 Å². The fraction of sp³-hybridized carbons (Fsp3) is 0.455. The summed E-state index contributed by atoms with van der Waals surface area (Å²) in [6, 6.07) is 10.6. The molecule has 2 heteroatoms. The molecule has 1 atom stereocenters. The number of rotatable bonds is 5. The van der Waals surface area contributed by atoms with Gasteiger partial charge in [-0.15, -0.1) is 0 Å². The quantitative estimate of drug-likeness (QED) is 0.598. The van der Waals surface area contributed by atoms with E-state index in [1.54, 1.807) is 7.11 Å². The molecule has 0 aromatic heterocycles. The number of aryl methyl sites for hydroxylation is 1. The Hall–Kier alpha value is -0.0900. The van der Waals surface area contributed by atoms with E-state index in [2.05, 4.69) is 52.9 Å². The zero-order chi connectivity index (χ0) is 9.52. The predicted octanol–water partition coefficient (Wildman–Crippen LogP) is 3.07. The van der Waals surface area contributed by atoms with Gasteiger partial charge in [-0.2, -0.15) is 0 Å². The molecule has 0 radical (unpaired) electrons. The largest absolute Gasteiger partial charge is 0.381 e. The highest BCUT2D eigenvalue weighted by Crippen LogP contribution is 2.08. The van der Waals surface area contributed by atoms with Crippen LogP contribution in [0.25, 0.3) is 0 Å². The van der Waals surface area contributed by atoms with Crippen molar-refractivity contribution < 1.29 is 4.74 Å². The highest BCUT2D eigenvalue weighted by atomic mass is 127. The maximum absolute atomic E-state index is 5.31. The summed E-state index contributed by atoms with van der Waals surface area (Å²) in [6.07, 6.45) is 2.63. The number of halogens is 1. The molecule has 0 spiro atoms. The second-order valence-corrected chi connectivity index (χ2v) is 3.92. The molecule has 0 amide bonds. The Balaban J connectivity index is 2.34. The van der Waals surface area contributed by atoms with E-state index in [4.69, 9.17) is 4.74 Å². The number of benzene rings is 1. The molecule has 0 aliphatic heterocycles. The average molecular weight is 290 g/mol. The van der Waals surface area contributed by atoms with Gasteiger partial charge in [-0.05, 0) is 18.4 Å². The summed E-state index contributed by atoms with van der Waals surface area (Å²) < 4.78 is 6.38. The van der Waals surface area contributed by atoms with Crippen molar-refractivity contribution in [3.8, 4) is 0 Å². The minimum Gasteiger partial charge on any atom is -0.381 e. The van der Waals surface area contributed by atoms with E-state index in [-0.39, 0.29) is 0 Å². The van der Waals surface area contributed by atoms with Gasteiger partial charge < -0.3 is 4.74 Å². The average Bonchev–Trinajstić information content (AvgIpc) is 2.21.